The molecule has 1 aromatic rings. The minimum Gasteiger partial charge on any atom is -0.339 e. The molecule has 1 saturated carbocycles. The molecule has 3 rings (SSSR count). The molecule has 1 saturated heterocycles. The summed E-state index contributed by atoms with van der Waals surface area (Å²) in [7, 11) is 0. The van der Waals surface area contributed by atoms with Crippen LogP contribution < -0.4 is 5.32 Å². The van der Waals surface area contributed by atoms with E-state index in [2.05, 4.69) is 12.2 Å². The Kier molecular flexibility index (Phi) is 3.70. The molecular weight excluding hydrogens is 264 g/mol. The predicted molar refractivity (Wildman–Crippen MR) is 80.4 cm³/mol. The second kappa shape index (κ2) is 5.51. The molecule has 1 aliphatic heterocycles. The van der Waals surface area contributed by atoms with Crippen molar-refractivity contribution in [2.45, 2.75) is 51.2 Å². The zero-order valence-corrected chi connectivity index (χ0v) is 12.6. The van der Waals surface area contributed by atoms with Crippen LogP contribution in [0.15, 0.2) is 30.3 Å². The predicted octanol–water partition coefficient (Wildman–Crippen LogP) is 2.26. The smallest absolute Gasteiger partial charge is 0.250 e. The van der Waals surface area contributed by atoms with Gasteiger partial charge >= 0.3 is 0 Å². The van der Waals surface area contributed by atoms with E-state index < -0.39 is 6.04 Å². The lowest BCUT2D eigenvalue weighted by molar-refractivity contribution is -0.155. The molecule has 4 heteroatoms. The molecule has 0 aromatic heterocycles. The van der Waals surface area contributed by atoms with Gasteiger partial charge in [0.05, 0.1) is 0 Å². The van der Waals surface area contributed by atoms with E-state index in [-0.39, 0.29) is 23.9 Å². The van der Waals surface area contributed by atoms with Gasteiger partial charge in [0, 0.05) is 6.04 Å². The van der Waals surface area contributed by atoms with E-state index in [9.17, 15) is 9.59 Å². The molecule has 2 unspecified atom stereocenters. The highest BCUT2D eigenvalue weighted by molar-refractivity contribution is 5.97. The zero-order chi connectivity index (χ0) is 15.0. The Bertz CT molecular complexity index is 537. The van der Waals surface area contributed by atoms with Crippen LogP contribution in [0.5, 0.6) is 0 Å². The number of nitrogens with zero attached hydrogens (tertiary/aromatic N) is 1. The summed E-state index contributed by atoms with van der Waals surface area (Å²) in [6, 6.07) is 8.90. The molecule has 2 fully saturated rings. The Hall–Kier alpha value is -1.84. The van der Waals surface area contributed by atoms with Crippen molar-refractivity contribution in [3.63, 3.8) is 0 Å². The molecule has 112 valence electrons. The average Bonchev–Trinajstić information content (AvgIpc) is 2.47. The lowest BCUT2D eigenvalue weighted by atomic mass is 9.79. The van der Waals surface area contributed by atoms with E-state index in [0.29, 0.717) is 12.3 Å². The fourth-order valence-electron chi connectivity index (χ4n) is 3.50. The Balaban J connectivity index is 1.88. The highest BCUT2D eigenvalue weighted by Gasteiger charge is 2.46. The van der Waals surface area contributed by atoms with E-state index >= 15 is 0 Å². The standard InChI is InChI=1S/C17H22N2O2/c1-3-14-16(20)18-15(12-7-5-4-6-8-12)17(21)19(14)13-9-11(2)10-13/h4-8,11,13-15H,3,9-10H2,1-2H3,(H,18,20). The average molecular weight is 286 g/mol. The highest BCUT2D eigenvalue weighted by Crippen LogP contribution is 2.36. The second-order valence-electron chi connectivity index (χ2n) is 6.25. The largest absolute Gasteiger partial charge is 0.339 e. The van der Waals surface area contributed by atoms with E-state index in [4.69, 9.17) is 0 Å². The van der Waals surface area contributed by atoms with Gasteiger partial charge in [-0.15, -0.1) is 0 Å². The summed E-state index contributed by atoms with van der Waals surface area (Å²) in [5, 5.41) is 2.90. The third-order valence-electron chi connectivity index (χ3n) is 4.69. The Morgan fingerprint density at radius 3 is 2.43 bits per heavy atom. The second-order valence-corrected chi connectivity index (χ2v) is 6.25. The van der Waals surface area contributed by atoms with Crippen molar-refractivity contribution in [3.05, 3.63) is 35.9 Å². The molecule has 2 amide bonds. The topological polar surface area (TPSA) is 49.4 Å². The van der Waals surface area contributed by atoms with Crippen LogP contribution in [-0.2, 0) is 9.59 Å². The van der Waals surface area contributed by atoms with Gasteiger partial charge in [-0.25, -0.2) is 0 Å². The molecule has 2 aliphatic rings. The molecule has 4 nitrogen and oxygen atoms in total. The van der Waals surface area contributed by atoms with Gasteiger partial charge in [0.15, 0.2) is 0 Å². The molecule has 2 atom stereocenters. The monoisotopic (exact) mass is 286 g/mol. The summed E-state index contributed by atoms with van der Waals surface area (Å²) in [6.45, 7) is 4.16. The van der Waals surface area contributed by atoms with Crippen LogP contribution in [0.3, 0.4) is 0 Å². The van der Waals surface area contributed by atoms with Crippen LogP contribution in [0.2, 0.25) is 0 Å². The van der Waals surface area contributed by atoms with Crippen LogP contribution in [0, 0.1) is 5.92 Å². The van der Waals surface area contributed by atoms with Crippen molar-refractivity contribution >= 4 is 11.8 Å². The number of hydrogen-bond donors (Lipinski definition) is 1. The molecule has 1 aromatic carbocycles. The number of carbonyl (C=O) groups excluding carboxylic acids is 2. The number of benzene rings is 1. The summed E-state index contributed by atoms with van der Waals surface area (Å²) < 4.78 is 0. The molecule has 0 bridgehead atoms. The van der Waals surface area contributed by atoms with Gasteiger partial charge < -0.3 is 10.2 Å². The minimum absolute atomic E-state index is 0.0227. The van der Waals surface area contributed by atoms with Crippen LogP contribution >= 0.6 is 0 Å². The third kappa shape index (κ3) is 2.43. The van der Waals surface area contributed by atoms with E-state index in [1.165, 1.54) is 0 Å². The Labute approximate surface area is 125 Å². The number of amides is 2. The lowest BCUT2D eigenvalue weighted by Gasteiger charge is -2.48. The van der Waals surface area contributed by atoms with Gasteiger partial charge in [-0.1, -0.05) is 44.2 Å². The van der Waals surface area contributed by atoms with Crippen LogP contribution in [0.25, 0.3) is 0 Å². The number of piperazine rings is 1. The fourth-order valence-corrected chi connectivity index (χ4v) is 3.50. The van der Waals surface area contributed by atoms with Crippen molar-refractivity contribution < 1.29 is 9.59 Å². The SMILES string of the molecule is CCC1C(=O)NC(c2ccccc2)C(=O)N1C1CC(C)C1. The molecule has 1 aliphatic carbocycles. The van der Waals surface area contributed by atoms with Crippen LogP contribution in [-0.4, -0.2) is 28.8 Å². The van der Waals surface area contributed by atoms with Crippen LogP contribution in [0.1, 0.15) is 44.7 Å². The fraction of sp³-hybridized carbons (Fsp3) is 0.529. The number of hydrogen-bond acceptors (Lipinski definition) is 2. The van der Waals surface area contributed by atoms with Crippen molar-refractivity contribution in [1.29, 1.82) is 0 Å². The maximum atomic E-state index is 12.9. The van der Waals surface area contributed by atoms with Gasteiger partial charge in [-0.2, -0.15) is 0 Å². The summed E-state index contributed by atoms with van der Waals surface area (Å²) >= 11 is 0. The van der Waals surface area contributed by atoms with Gasteiger partial charge in [0.2, 0.25) is 5.91 Å². The van der Waals surface area contributed by atoms with Gasteiger partial charge in [0.1, 0.15) is 12.1 Å². The van der Waals surface area contributed by atoms with Crippen molar-refractivity contribution in [2.75, 3.05) is 0 Å². The highest BCUT2D eigenvalue weighted by atomic mass is 16.2. The first-order valence-corrected chi connectivity index (χ1v) is 7.79. The summed E-state index contributed by atoms with van der Waals surface area (Å²) in [5.41, 5.74) is 0.864. The molecule has 1 heterocycles. The maximum Gasteiger partial charge on any atom is 0.250 e. The quantitative estimate of drug-likeness (QED) is 0.926. The van der Waals surface area contributed by atoms with Crippen molar-refractivity contribution in [3.8, 4) is 0 Å². The molecular formula is C17H22N2O2. The third-order valence-corrected chi connectivity index (χ3v) is 4.69. The Morgan fingerprint density at radius 2 is 1.86 bits per heavy atom. The first kappa shape index (κ1) is 14.1. The maximum absolute atomic E-state index is 12.9. The van der Waals surface area contributed by atoms with Gasteiger partial charge in [-0.3, -0.25) is 9.59 Å². The van der Waals surface area contributed by atoms with Gasteiger partial charge in [0.25, 0.3) is 5.91 Å². The molecule has 1 N–H and O–H groups in total. The Morgan fingerprint density at radius 1 is 1.19 bits per heavy atom. The summed E-state index contributed by atoms with van der Waals surface area (Å²) in [6.07, 6.45) is 2.69. The van der Waals surface area contributed by atoms with Crippen LogP contribution in [0.4, 0.5) is 0 Å². The van der Waals surface area contributed by atoms with Crippen molar-refractivity contribution in [1.82, 2.24) is 10.2 Å². The molecule has 21 heavy (non-hydrogen) atoms. The van der Waals surface area contributed by atoms with Gasteiger partial charge in [-0.05, 0) is 30.7 Å². The lowest BCUT2D eigenvalue weighted by Crippen LogP contribution is -2.64. The molecule has 0 spiro atoms. The number of carbonyl (C=O) groups is 2. The van der Waals surface area contributed by atoms with Crippen molar-refractivity contribution in [2.24, 2.45) is 5.92 Å². The minimum atomic E-state index is -0.530. The normalized spacial score (nSPS) is 32.6. The first-order chi connectivity index (χ1) is 10.1. The summed E-state index contributed by atoms with van der Waals surface area (Å²) in [4.78, 5) is 27.1. The van der Waals surface area contributed by atoms with E-state index in [1.807, 2.05) is 42.2 Å². The zero-order valence-electron chi connectivity index (χ0n) is 12.6. The first-order valence-electron chi connectivity index (χ1n) is 7.79. The summed E-state index contributed by atoms with van der Waals surface area (Å²) in [5.74, 6) is 0.676. The number of nitrogens with one attached hydrogen (secondary N) is 1. The molecule has 0 radical (unpaired) electrons. The van der Waals surface area contributed by atoms with E-state index in [0.717, 1.165) is 18.4 Å². The number of rotatable bonds is 3. The van der Waals surface area contributed by atoms with E-state index in [1.54, 1.807) is 0 Å².